The monoisotopic (exact) mass is 358 g/mol. The molecule has 0 aromatic heterocycles. The quantitative estimate of drug-likeness (QED) is 0.685. The Kier molecular flexibility index (Phi) is 3.06. The Hall–Kier alpha value is -2.17. The zero-order valence-corrected chi connectivity index (χ0v) is 14.7. The van der Waals surface area contributed by atoms with Gasteiger partial charge in [0.05, 0.1) is 5.56 Å². The first-order chi connectivity index (χ1) is 12.4. The molecule has 0 radical (unpaired) electrons. The van der Waals surface area contributed by atoms with Crippen LogP contribution in [0.25, 0.3) is 0 Å². The zero-order valence-electron chi connectivity index (χ0n) is 14.7. The lowest BCUT2D eigenvalue weighted by molar-refractivity contribution is -0.137. The number of alkyl halides is 3. The highest BCUT2D eigenvalue weighted by Gasteiger charge is 2.63. The fourth-order valence-corrected chi connectivity index (χ4v) is 5.64. The van der Waals surface area contributed by atoms with Gasteiger partial charge in [0, 0.05) is 23.8 Å². The van der Waals surface area contributed by atoms with E-state index in [1.54, 1.807) is 6.07 Å². The van der Waals surface area contributed by atoms with Crippen LogP contribution in [0.1, 0.15) is 42.4 Å². The predicted molar refractivity (Wildman–Crippen MR) is 96.5 cm³/mol. The van der Waals surface area contributed by atoms with Gasteiger partial charge in [-0.05, 0) is 55.0 Å². The van der Waals surface area contributed by atoms with E-state index in [4.69, 9.17) is 0 Å². The van der Waals surface area contributed by atoms with Crippen LogP contribution < -0.4 is 10.2 Å². The van der Waals surface area contributed by atoms with Gasteiger partial charge in [-0.3, -0.25) is 0 Å². The highest BCUT2D eigenvalue weighted by Crippen LogP contribution is 2.62. The molecule has 2 aliphatic heterocycles. The summed E-state index contributed by atoms with van der Waals surface area (Å²) in [6.07, 6.45) is 0.686. The molecule has 5 heteroatoms. The third-order valence-corrected chi connectivity index (χ3v) is 6.81. The molecule has 0 unspecified atom stereocenters. The molecule has 2 nitrogen and oxygen atoms in total. The van der Waals surface area contributed by atoms with Crippen molar-refractivity contribution in [3.05, 3.63) is 59.2 Å². The average molecular weight is 358 g/mol. The number of hydrogen-bond acceptors (Lipinski definition) is 2. The largest absolute Gasteiger partial charge is 0.416 e. The maximum absolute atomic E-state index is 13.3. The molecule has 2 heterocycles. The van der Waals surface area contributed by atoms with E-state index in [9.17, 15) is 13.2 Å². The van der Waals surface area contributed by atoms with Crippen LogP contribution in [-0.2, 0) is 18.0 Å². The molecule has 26 heavy (non-hydrogen) atoms. The van der Waals surface area contributed by atoms with E-state index in [1.807, 2.05) is 19.2 Å². The minimum Gasteiger partial charge on any atom is -0.362 e. The number of rotatable bonds is 0. The minimum absolute atomic E-state index is 0.173. The van der Waals surface area contributed by atoms with Crippen molar-refractivity contribution in [3.8, 4) is 0 Å². The van der Waals surface area contributed by atoms with E-state index in [1.165, 1.54) is 17.7 Å². The summed E-state index contributed by atoms with van der Waals surface area (Å²) in [5.74, 6) is 0. The van der Waals surface area contributed by atoms with Crippen molar-refractivity contribution < 1.29 is 13.2 Å². The van der Waals surface area contributed by atoms with Crippen LogP contribution in [0.2, 0.25) is 0 Å². The molecule has 2 aromatic rings. The lowest BCUT2D eigenvalue weighted by Crippen LogP contribution is -2.66. The zero-order chi connectivity index (χ0) is 18.2. The van der Waals surface area contributed by atoms with E-state index in [-0.39, 0.29) is 11.1 Å². The van der Waals surface area contributed by atoms with Gasteiger partial charge in [0.2, 0.25) is 0 Å². The topological polar surface area (TPSA) is 15.3 Å². The van der Waals surface area contributed by atoms with Crippen molar-refractivity contribution in [1.29, 1.82) is 0 Å². The van der Waals surface area contributed by atoms with Crippen LogP contribution >= 0.6 is 0 Å². The SMILES string of the molecule is CN1c2cc(C(F)(F)F)ccc2[C@@]23CCCC[C@@]12Nc1ccccc1C3. The van der Waals surface area contributed by atoms with Gasteiger partial charge in [-0.2, -0.15) is 13.2 Å². The summed E-state index contributed by atoms with van der Waals surface area (Å²) in [4.78, 5) is 2.09. The smallest absolute Gasteiger partial charge is 0.362 e. The number of halogens is 3. The van der Waals surface area contributed by atoms with E-state index in [0.717, 1.165) is 49.0 Å². The predicted octanol–water partition coefficient (Wildman–Crippen LogP) is 5.33. The summed E-state index contributed by atoms with van der Waals surface area (Å²) in [6.45, 7) is 0. The van der Waals surface area contributed by atoms with Gasteiger partial charge in [-0.15, -0.1) is 0 Å². The van der Waals surface area contributed by atoms with Crippen molar-refractivity contribution in [2.45, 2.75) is 49.4 Å². The number of nitrogens with one attached hydrogen (secondary N) is 1. The van der Waals surface area contributed by atoms with E-state index < -0.39 is 11.7 Å². The molecule has 2 atom stereocenters. The highest BCUT2D eigenvalue weighted by molar-refractivity contribution is 5.74. The first-order valence-electron chi connectivity index (χ1n) is 9.19. The molecule has 2 aromatic carbocycles. The maximum Gasteiger partial charge on any atom is 0.416 e. The molecule has 1 aliphatic carbocycles. The van der Waals surface area contributed by atoms with E-state index in [0.29, 0.717) is 0 Å². The Morgan fingerprint density at radius 2 is 1.81 bits per heavy atom. The van der Waals surface area contributed by atoms with Gasteiger partial charge in [0.15, 0.2) is 0 Å². The molecule has 0 spiro atoms. The van der Waals surface area contributed by atoms with Crippen LogP contribution in [-0.4, -0.2) is 12.7 Å². The second-order valence-electron chi connectivity index (χ2n) is 7.90. The van der Waals surface area contributed by atoms with Crippen LogP contribution in [0.5, 0.6) is 0 Å². The third-order valence-electron chi connectivity index (χ3n) is 6.81. The fraction of sp³-hybridized carbons (Fsp3) is 0.429. The highest BCUT2D eigenvalue weighted by atomic mass is 19.4. The number of para-hydroxylation sites is 1. The summed E-state index contributed by atoms with van der Waals surface area (Å²) in [7, 11) is 1.95. The number of hydrogen-bond donors (Lipinski definition) is 1. The van der Waals surface area contributed by atoms with Crippen LogP contribution in [0.4, 0.5) is 24.5 Å². The lowest BCUT2D eigenvalue weighted by Gasteiger charge is -2.56. The lowest BCUT2D eigenvalue weighted by atomic mass is 9.59. The molecule has 1 saturated carbocycles. The summed E-state index contributed by atoms with van der Waals surface area (Å²) in [5.41, 5.74) is 3.08. The molecule has 136 valence electrons. The van der Waals surface area contributed by atoms with Crippen molar-refractivity contribution in [3.63, 3.8) is 0 Å². The molecule has 0 amide bonds. The third kappa shape index (κ3) is 1.84. The van der Waals surface area contributed by atoms with Gasteiger partial charge in [-0.25, -0.2) is 0 Å². The summed E-state index contributed by atoms with van der Waals surface area (Å²) in [5, 5.41) is 3.76. The van der Waals surface area contributed by atoms with Crippen molar-refractivity contribution in [2.24, 2.45) is 0 Å². The van der Waals surface area contributed by atoms with Gasteiger partial charge in [0.25, 0.3) is 0 Å². The van der Waals surface area contributed by atoms with E-state index in [2.05, 4.69) is 22.3 Å². The van der Waals surface area contributed by atoms with Crippen LogP contribution in [0.3, 0.4) is 0 Å². The van der Waals surface area contributed by atoms with Crippen molar-refractivity contribution in [1.82, 2.24) is 0 Å². The fourth-order valence-electron chi connectivity index (χ4n) is 5.64. The normalized spacial score (nSPS) is 29.3. The number of fused-ring (bicyclic) bond motifs is 2. The Balaban J connectivity index is 1.74. The Bertz CT molecular complexity index is 891. The average Bonchev–Trinajstić information content (AvgIpc) is 2.85. The number of benzene rings is 2. The second-order valence-corrected chi connectivity index (χ2v) is 7.90. The molecule has 0 saturated heterocycles. The van der Waals surface area contributed by atoms with Gasteiger partial charge < -0.3 is 10.2 Å². The Morgan fingerprint density at radius 3 is 2.62 bits per heavy atom. The van der Waals surface area contributed by atoms with Gasteiger partial charge in [-0.1, -0.05) is 30.7 Å². The first kappa shape index (κ1) is 16.0. The number of anilines is 2. The summed E-state index contributed by atoms with van der Waals surface area (Å²) in [6, 6.07) is 12.6. The molecule has 3 aliphatic rings. The first-order valence-corrected chi connectivity index (χ1v) is 9.19. The number of likely N-dealkylation sites (N-methyl/N-ethyl adjacent to an activating group) is 1. The Labute approximate surface area is 151 Å². The maximum atomic E-state index is 13.3. The standard InChI is InChI=1S/C21H21F3N2/c1-26-18-12-15(21(22,23)24)8-9-16(18)19-10-4-5-11-20(19,26)25-17-7-3-2-6-14(17)13-19/h2-3,6-9,12,25H,4-5,10-11,13H2,1H3/t19-,20+/m0/s1. The van der Waals surface area contributed by atoms with E-state index >= 15 is 0 Å². The second kappa shape index (κ2) is 4.96. The minimum atomic E-state index is -4.32. The molecule has 0 bridgehead atoms. The van der Waals surface area contributed by atoms with Gasteiger partial charge in [0.1, 0.15) is 5.66 Å². The van der Waals surface area contributed by atoms with Gasteiger partial charge >= 0.3 is 6.18 Å². The van der Waals surface area contributed by atoms with Crippen LogP contribution in [0, 0.1) is 0 Å². The number of nitrogens with zero attached hydrogens (tertiary/aromatic N) is 1. The molecule has 5 rings (SSSR count). The molecular weight excluding hydrogens is 337 g/mol. The molecule has 1 fully saturated rings. The molecule has 1 N–H and O–H groups in total. The van der Waals surface area contributed by atoms with Crippen LogP contribution in [0.15, 0.2) is 42.5 Å². The summed E-state index contributed by atoms with van der Waals surface area (Å²) >= 11 is 0. The summed E-state index contributed by atoms with van der Waals surface area (Å²) < 4.78 is 39.9. The van der Waals surface area contributed by atoms with Crippen molar-refractivity contribution >= 4 is 11.4 Å². The van der Waals surface area contributed by atoms with Crippen molar-refractivity contribution in [2.75, 3.05) is 17.3 Å². The molecular formula is C21H21F3N2. The Morgan fingerprint density at radius 1 is 1.04 bits per heavy atom.